The maximum Gasteiger partial charge on any atom is 0.411 e. The van der Waals surface area contributed by atoms with Crippen LogP contribution >= 0.6 is 11.6 Å². The zero-order valence-corrected chi connectivity index (χ0v) is 21.3. The average Bonchev–Trinajstić information content (AvgIpc) is 3.21. The maximum absolute atomic E-state index is 13.3. The summed E-state index contributed by atoms with van der Waals surface area (Å²) in [6.45, 7) is 2.82. The second-order valence-corrected chi connectivity index (χ2v) is 9.17. The molecule has 0 bridgehead atoms. The molecular weight excluding hydrogens is 494 g/mol. The van der Waals surface area contributed by atoms with Crippen molar-refractivity contribution in [2.45, 2.75) is 25.6 Å². The van der Waals surface area contributed by atoms with Gasteiger partial charge >= 0.3 is 6.09 Å². The van der Waals surface area contributed by atoms with Crippen LogP contribution in [0.15, 0.2) is 72.8 Å². The van der Waals surface area contributed by atoms with Gasteiger partial charge in [0.2, 0.25) is 5.91 Å². The van der Waals surface area contributed by atoms with E-state index >= 15 is 0 Å². The Morgan fingerprint density at radius 3 is 2.54 bits per heavy atom. The van der Waals surface area contributed by atoms with Crippen molar-refractivity contribution in [2.75, 3.05) is 25.6 Å². The molecule has 0 saturated carbocycles. The summed E-state index contributed by atoms with van der Waals surface area (Å²) in [5, 5.41) is 6.11. The smallest absolute Gasteiger partial charge is 0.411 e. The molecule has 37 heavy (non-hydrogen) atoms. The van der Waals surface area contributed by atoms with Crippen molar-refractivity contribution in [3.05, 3.63) is 100 Å². The number of nitrogens with one attached hydrogen (secondary N) is 2. The molecule has 3 aromatic carbocycles. The van der Waals surface area contributed by atoms with Crippen molar-refractivity contribution < 1.29 is 23.9 Å². The van der Waals surface area contributed by atoms with Gasteiger partial charge in [-0.15, -0.1) is 0 Å². The largest absolute Gasteiger partial charge is 0.438 e. The summed E-state index contributed by atoms with van der Waals surface area (Å²) in [7, 11) is 1.55. The number of hydrogen-bond acceptors (Lipinski definition) is 5. The van der Waals surface area contributed by atoms with Crippen molar-refractivity contribution >= 4 is 35.2 Å². The van der Waals surface area contributed by atoms with Crippen LogP contribution in [0, 0.1) is 6.92 Å². The van der Waals surface area contributed by atoms with E-state index in [2.05, 4.69) is 10.6 Å². The van der Waals surface area contributed by atoms with E-state index in [0.29, 0.717) is 35.0 Å². The molecule has 0 aliphatic carbocycles. The summed E-state index contributed by atoms with van der Waals surface area (Å²) in [6, 6.07) is 20.4. The van der Waals surface area contributed by atoms with Crippen molar-refractivity contribution in [3.8, 4) is 0 Å². The predicted octanol–water partition coefficient (Wildman–Crippen LogP) is 4.73. The van der Waals surface area contributed by atoms with E-state index in [9.17, 15) is 14.4 Å². The number of amides is 3. The summed E-state index contributed by atoms with van der Waals surface area (Å²) in [6.07, 6.45) is -1.46. The zero-order chi connectivity index (χ0) is 26.4. The van der Waals surface area contributed by atoms with Crippen LogP contribution in [-0.4, -0.2) is 49.1 Å². The van der Waals surface area contributed by atoms with Crippen LogP contribution in [0.25, 0.3) is 0 Å². The summed E-state index contributed by atoms with van der Waals surface area (Å²) < 4.78 is 10.8. The number of cyclic esters (lactones) is 1. The highest BCUT2D eigenvalue weighted by molar-refractivity contribution is 6.31. The van der Waals surface area contributed by atoms with Crippen LogP contribution in [0.4, 0.5) is 10.5 Å². The fourth-order valence-corrected chi connectivity index (χ4v) is 4.30. The highest BCUT2D eigenvalue weighted by Gasteiger charge is 2.47. The van der Waals surface area contributed by atoms with Gasteiger partial charge in [-0.1, -0.05) is 59.6 Å². The van der Waals surface area contributed by atoms with Gasteiger partial charge in [-0.25, -0.2) is 4.79 Å². The molecule has 1 heterocycles. The fraction of sp³-hybridized carbons (Fsp3) is 0.250. The lowest BCUT2D eigenvalue weighted by atomic mass is 10.00. The van der Waals surface area contributed by atoms with Gasteiger partial charge in [0, 0.05) is 29.9 Å². The molecule has 9 heteroatoms. The summed E-state index contributed by atoms with van der Waals surface area (Å²) in [5.74, 6) is -0.689. The molecule has 3 aromatic rings. The van der Waals surface area contributed by atoms with Crippen LogP contribution in [0.2, 0.25) is 5.02 Å². The molecule has 1 saturated heterocycles. The Labute approximate surface area is 220 Å². The number of halogens is 1. The van der Waals surface area contributed by atoms with Crippen molar-refractivity contribution in [3.63, 3.8) is 0 Å². The van der Waals surface area contributed by atoms with Gasteiger partial charge in [-0.05, 0) is 48.4 Å². The molecule has 2 atom stereocenters. The molecule has 0 unspecified atom stereocenters. The molecule has 0 radical (unpaired) electrons. The Morgan fingerprint density at radius 1 is 1.05 bits per heavy atom. The lowest BCUT2D eigenvalue weighted by Crippen LogP contribution is -2.47. The third-order valence-corrected chi connectivity index (χ3v) is 6.23. The van der Waals surface area contributed by atoms with Crippen LogP contribution in [0.3, 0.4) is 0 Å². The molecule has 1 fully saturated rings. The number of anilines is 1. The lowest BCUT2D eigenvalue weighted by molar-refractivity contribution is -0.126. The molecule has 1 aliphatic rings. The molecule has 192 valence electrons. The Bertz CT molecular complexity index is 1280. The van der Waals surface area contributed by atoms with Gasteiger partial charge in [0.25, 0.3) is 5.91 Å². The fourth-order valence-electron chi connectivity index (χ4n) is 4.11. The minimum Gasteiger partial charge on any atom is -0.438 e. The van der Waals surface area contributed by atoms with Gasteiger partial charge in [-0.2, -0.15) is 0 Å². The second-order valence-electron chi connectivity index (χ2n) is 8.74. The highest BCUT2D eigenvalue weighted by atomic mass is 35.5. The highest BCUT2D eigenvalue weighted by Crippen LogP contribution is 2.35. The molecule has 1 aliphatic heterocycles. The van der Waals surface area contributed by atoms with E-state index in [-0.39, 0.29) is 18.4 Å². The standard InChI is InChI=1S/C28H28ClN3O5/c1-18-9-11-19(12-10-18)17-32-24(27(34)30-13-14-36-2)25(37-28(32)35)20-5-4-8-23(16-20)31-26(33)21-6-3-7-22(29)15-21/h3-12,15-16,24-25H,13-14,17H2,1-2H3,(H,30,34)(H,31,33)/t24-,25-/m0/s1. The average molecular weight is 522 g/mol. The number of nitrogens with zero attached hydrogens (tertiary/aromatic N) is 1. The molecular formula is C28H28ClN3O5. The van der Waals surface area contributed by atoms with Crippen LogP contribution < -0.4 is 10.6 Å². The first-order chi connectivity index (χ1) is 17.9. The summed E-state index contributed by atoms with van der Waals surface area (Å²) in [5.41, 5.74) is 3.45. The first-order valence-corrected chi connectivity index (χ1v) is 12.2. The molecule has 4 rings (SSSR count). The minimum absolute atomic E-state index is 0.211. The number of rotatable bonds is 9. The predicted molar refractivity (Wildman–Crippen MR) is 140 cm³/mol. The number of carbonyl (C=O) groups excluding carboxylic acids is 3. The Balaban J connectivity index is 1.59. The maximum atomic E-state index is 13.3. The van der Waals surface area contributed by atoms with Crippen molar-refractivity contribution in [1.82, 2.24) is 10.2 Å². The van der Waals surface area contributed by atoms with E-state index in [1.807, 2.05) is 31.2 Å². The zero-order valence-electron chi connectivity index (χ0n) is 20.6. The quantitative estimate of drug-likeness (QED) is 0.397. The molecule has 0 aromatic heterocycles. The van der Waals surface area contributed by atoms with E-state index in [1.165, 1.54) is 4.90 Å². The third kappa shape index (κ3) is 6.47. The number of carbonyl (C=O) groups is 3. The van der Waals surface area contributed by atoms with Crippen LogP contribution in [0.1, 0.15) is 33.2 Å². The van der Waals surface area contributed by atoms with E-state index < -0.39 is 18.2 Å². The first kappa shape index (κ1) is 26.2. The molecule has 3 amide bonds. The van der Waals surface area contributed by atoms with E-state index in [0.717, 1.165) is 11.1 Å². The normalized spacial score (nSPS) is 16.8. The van der Waals surface area contributed by atoms with Gasteiger partial charge in [0.1, 0.15) is 0 Å². The van der Waals surface area contributed by atoms with Crippen LogP contribution in [-0.2, 0) is 20.8 Å². The third-order valence-electron chi connectivity index (χ3n) is 5.99. The topological polar surface area (TPSA) is 97.0 Å². The molecule has 0 spiro atoms. The number of benzene rings is 3. The van der Waals surface area contributed by atoms with E-state index in [1.54, 1.807) is 55.6 Å². The Kier molecular flexibility index (Phi) is 8.43. The number of ether oxygens (including phenoxy) is 2. The minimum atomic E-state index is -0.912. The Hall–Kier alpha value is -3.88. The lowest BCUT2D eigenvalue weighted by Gasteiger charge is -2.24. The number of methoxy groups -OCH3 is 1. The number of aryl methyl sites for hydroxylation is 1. The first-order valence-electron chi connectivity index (χ1n) is 11.8. The van der Waals surface area contributed by atoms with Crippen molar-refractivity contribution in [2.24, 2.45) is 0 Å². The van der Waals surface area contributed by atoms with Gasteiger partial charge in [0.05, 0.1) is 13.2 Å². The van der Waals surface area contributed by atoms with E-state index in [4.69, 9.17) is 21.1 Å². The van der Waals surface area contributed by atoms with Crippen molar-refractivity contribution in [1.29, 1.82) is 0 Å². The van der Waals surface area contributed by atoms with Crippen LogP contribution in [0.5, 0.6) is 0 Å². The molecule has 8 nitrogen and oxygen atoms in total. The summed E-state index contributed by atoms with van der Waals surface area (Å²) >= 11 is 6.01. The summed E-state index contributed by atoms with van der Waals surface area (Å²) in [4.78, 5) is 40.4. The van der Waals surface area contributed by atoms with Gasteiger partial charge in [-0.3, -0.25) is 14.5 Å². The number of hydrogen-bond donors (Lipinski definition) is 2. The monoisotopic (exact) mass is 521 g/mol. The van der Waals surface area contributed by atoms with Gasteiger partial charge < -0.3 is 20.1 Å². The SMILES string of the molecule is COCCNC(=O)[C@@H]1[C@H](c2cccc(NC(=O)c3cccc(Cl)c3)c2)OC(=O)N1Cc1ccc(C)cc1. The Morgan fingerprint density at radius 2 is 1.81 bits per heavy atom. The molecule has 2 N–H and O–H groups in total. The second kappa shape index (κ2) is 11.9. The van der Waals surface area contributed by atoms with Gasteiger partial charge in [0.15, 0.2) is 12.1 Å².